The van der Waals surface area contributed by atoms with Crippen LogP contribution in [0.15, 0.2) is 29.4 Å². The van der Waals surface area contributed by atoms with Gasteiger partial charge in [-0.15, -0.1) is 5.10 Å². The quantitative estimate of drug-likeness (QED) is 0.805. The largest absolute Gasteiger partial charge is 0.352 e. The van der Waals surface area contributed by atoms with Gasteiger partial charge < -0.3 is 4.90 Å². The lowest BCUT2D eigenvalue weighted by Gasteiger charge is -2.43. The first-order chi connectivity index (χ1) is 11.6. The van der Waals surface area contributed by atoms with E-state index in [1.165, 1.54) is 21.4 Å². The molecule has 2 aromatic heterocycles. The van der Waals surface area contributed by atoms with Gasteiger partial charge in [-0.1, -0.05) is 20.8 Å². The van der Waals surface area contributed by atoms with Crippen molar-refractivity contribution < 1.29 is 8.42 Å². The van der Waals surface area contributed by atoms with E-state index >= 15 is 0 Å². The number of sulfonamides is 1. The van der Waals surface area contributed by atoms with Crippen molar-refractivity contribution in [3.63, 3.8) is 0 Å². The summed E-state index contributed by atoms with van der Waals surface area (Å²) in [7, 11) is -0.214. The molecule has 1 aliphatic rings. The molecule has 0 amide bonds. The maximum atomic E-state index is 12.6. The molecule has 3 heterocycles. The van der Waals surface area contributed by atoms with Crippen molar-refractivity contribution in [1.29, 1.82) is 0 Å². The van der Waals surface area contributed by atoms with Gasteiger partial charge >= 0.3 is 0 Å². The smallest absolute Gasteiger partial charge is 0.246 e. The Hall–Kier alpha value is -2.00. The fourth-order valence-corrected chi connectivity index (χ4v) is 3.99. The highest BCUT2D eigenvalue weighted by Gasteiger charge is 2.37. The standard InChI is InChI=1S/C16H24N6O2S/c1-16(2,3)14-6-7-15(19-18-14)22-9-12(10-22)21(5)25(23,24)13-8-17-20(4)11-13/h6-8,11-12H,9-10H2,1-5H3. The molecule has 0 spiro atoms. The van der Waals surface area contributed by atoms with Crippen LogP contribution < -0.4 is 4.90 Å². The number of rotatable bonds is 4. The lowest BCUT2D eigenvalue weighted by molar-refractivity contribution is 0.309. The molecule has 0 N–H and O–H groups in total. The second-order valence-corrected chi connectivity index (χ2v) is 9.45. The summed E-state index contributed by atoms with van der Waals surface area (Å²) in [6.45, 7) is 7.47. The third-order valence-electron chi connectivity index (χ3n) is 4.48. The predicted octanol–water partition coefficient (Wildman–Crippen LogP) is 1.02. The van der Waals surface area contributed by atoms with Crippen LogP contribution in [-0.4, -0.2) is 58.9 Å². The van der Waals surface area contributed by atoms with Crippen molar-refractivity contribution in [3.05, 3.63) is 30.2 Å². The zero-order chi connectivity index (χ0) is 18.4. The van der Waals surface area contributed by atoms with Crippen molar-refractivity contribution in [2.24, 2.45) is 7.05 Å². The van der Waals surface area contributed by atoms with Crippen molar-refractivity contribution in [2.45, 2.75) is 37.1 Å². The highest BCUT2D eigenvalue weighted by Crippen LogP contribution is 2.26. The number of anilines is 1. The van der Waals surface area contributed by atoms with Crippen LogP contribution in [0.1, 0.15) is 26.5 Å². The SMILES string of the molecule is CN(C1CN(c2ccc(C(C)(C)C)nn2)C1)S(=O)(=O)c1cnn(C)c1. The van der Waals surface area contributed by atoms with Crippen molar-refractivity contribution in [2.75, 3.05) is 25.0 Å². The van der Waals surface area contributed by atoms with E-state index in [4.69, 9.17) is 0 Å². The first kappa shape index (κ1) is 17.8. The molecule has 0 atom stereocenters. The maximum Gasteiger partial charge on any atom is 0.246 e. The van der Waals surface area contributed by atoms with Crippen molar-refractivity contribution in [1.82, 2.24) is 24.3 Å². The molecule has 0 radical (unpaired) electrons. The van der Waals surface area contributed by atoms with E-state index in [1.54, 1.807) is 14.1 Å². The zero-order valence-corrected chi connectivity index (χ0v) is 16.0. The Morgan fingerprint density at radius 2 is 1.88 bits per heavy atom. The fourth-order valence-electron chi connectivity index (χ4n) is 2.66. The zero-order valence-electron chi connectivity index (χ0n) is 15.2. The van der Waals surface area contributed by atoms with Gasteiger partial charge in [-0.05, 0) is 12.1 Å². The fraction of sp³-hybridized carbons (Fsp3) is 0.562. The normalized spacial score (nSPS) is 16.3. The Bertz CT molecular complexity index is 847. The van der Waals surface area contributed by atoms with Crippen molar-refractivity contribution >= 4 is 15.8 Å². The maximum absolute atomic E-state index is 12.6. The van der Waals surface area contributed by atoms with Gasteiger partial charge in [-0.2, -0.15) is 14.5 Å². The number of nitrogens with zero attached hydrogens (tertiary/aromatic N) is 6. The van der Waals surface area contributed by atoms with E-state index < -0.39 is 10.0 Å². The minimum Gasteiger partial charge on any atom is -0.352 e. The second kappa shape index (κ2) is 6.06. The summed E-state index contributed by atoms with van der Waals surface area (Å²) in [5, 5.41) is 12.5. The van der Waals surface area contributed by atoms with Gasteiger partial charge in [-0.3, -0.25) is 4.68 Å². The van der Waals surface area contributed by atoms with Crippen LogP contribution in [0.5, 0.6) is 0 Å². The highest BCUT2D eigenvalue weighted by molar-refractivity contribution is 7.89. The predicted molar refractivity (Wildman–Crippen MR) is 94.9 cm³/mol. The van der Waals surface area contributed by atoms with Crippen LogP contribution in [0.25, 0.3) is 0 Å². The van der Waals surface area contributed by atoms with E-state index in [9.17, 15) is 8.42 Å². The highest BCUT2D eigenvalue weighted by atomic mass is 32.2. The van der Waals surface area contributed by atoms with Crippen molar-refractivity contribution in [3.8, 4) is 0 Å². The third-order valence-corrected chi connectivity index (χ3v) is 6.34. The Balaban J connectivity index is 1.66. The van der Waals surface area contributed by atoms with Gasteiger partial charge in [0.25, 0.3) is 0 Å². The van der Waals surface area contributed by atoms with Crippen LogP contribution in [0.3, 0.4) is 0 Å². The number of hydrogen-bond acceptors (Lipinski definition) is 6. The summed E-state index contributed by atoms with van der Waals surface area (Å²) in [4.78, 5) is 2.24. The molecule has 3 rings (SSSR count). The monoisotopic (exact) mass is 364 g/mol. The number of aryl methyl sites for hydroxylation is 1. The summed E-state index contributed by atoms with van der Waals surface area (Å²) >= 11 is 0. The van der Waals surface area contributed by atoms with Gasteiger partial charge in [0.15, 0.2) is 5.82 Å². The molecule has 8 nitrogen and oxygen atoms in total. The lowest BCUT2D eigenvalue weighted by Crippen LogP contribution is -2.60. The molecule has 0 saturated carbocycles. The van der Waals surface area contributed by atoms with Gasteiger partial charge in [-0.25, -0.2) is 8.42 Å². The first-order valence-electron chi connectivity index (χ1n) is 8.15. The minimum atomic E-state index is -3.52. The number of hydrogen-bond donors (Lipinski definition) is 0. The molecule has 0 bridgehead atoms. The van der Waals surface area contributed by atoms with Gasteiger partial charge in [0.2, 0.25) is 10.0 Å². The van der Waals surface area contributed by atoms with Gasteiger partial charge in [0, 0.05) is 38.8 Å². The Kier molecular flexibility index (Phi) is 4.32. The van der Waals surface area contributed by atoms with E-state index in [-0.39, 0.29) is 16.4 Å². The summed E-state index contributed by atoms with van der Waals surface area (Å²) in [6.07, 6.45) is 2.89. The first-order valence-corrected chi connectivity index (χ1v) is 9.59. The summed E-state index contributed by atoms with van der Waals surface area (Å²) < 4.78 is 28.1. The molecular weight excluding hydrogens is 340 g/mol. The van der Waals surface area contributed by atoms with Crippen LogP contribution in [-0.2, 0) is 22.5 Å². The molecule has 1 fully saturated rings. The van der Waals surface area contributed by atoms with Crippen LogP contribution >= 0.6 is 0 Å². The van der Waals surface area contributed by atoms with E-state index in [2.05, 4.69) is 36.1 Å². The topological polar surface area (TPSA) is 84.2 Å². The molecule has 25 heavy (non-hydrogen) atoms. The number of aromatic nitrogens is 4. The minimum absolute atomic E-state index is 0.0406. The van der Waals surface area contributed by atoms with E-state index in [0.717, 1.165) is 11.5 Å². The van der Waals surface area contributed by atoms with Crippen LogP contribution in [0, 0.1) is 0 Å². The Labute approximate surface area is 148 Å². The molecular formula is C16H24N6O2S. The summed E-state index contributed by atoms with van der Waals surface area (Å²) in [5.74, 6) is 0.774. The Morgan fingerprint density at radius 1 is 1.20 bits per heavy atom. The average Bonchev–Trinajstić information content (AvgIpc) is 2.92. The molecule has 9 heteroatoms. The molecule has 1 saturated heterocycles. The third kappa shape index (κ3) is 3.38. The van der Waals surface area contributed by atoms with E-state index in [0.29, 0.717) is 13.1 Å². The van der Waals surface area contributed by atoms with Gasteiger partial charge in [0.05, 0.1) is 17.9 Å². The molecule has 0 unspecified atom stereocenters. The lowest BCUT2D eigenvalue weighted by atomic mass is 9.92. The summed E-state index contributed by atoms with van der Waals surface area (Å²) in [6, 6.07) is 3.83. The molecule has 1 aliphatic heterocycles. The molecule has 0 aliphatic carbocycles. The average molecular weight is 364 g/mol. The molecule has 2 aromatic rings. The van der Waals surface area contributed by atoms with Gasteiger partial charge in [0.1, 0.15) is 4.90 Å². The second-order valence-electron chi connectivity index (χ2n) is 7.46. The van der Waals surface area contributed by atoms with Crippen LogP contribution in [0.4, 0.5) is 5.82 Å². The van der Waals surface area contributed by atoms with Crippen LogP contribution in [0.2, 0.25) is 0 Å². The summed E-state index contributed by atoms with van der Waals surface area (Å²) in [5.41, 5.74) is 0.894. The molecule has 0 aromatic carbocycles. The Morgan fingerprint density at radius 3 is 2.36 bits per heavy atom. The molecule has 136 valence electrons. The number of likely N-dealkylation sites (N-methyl/N-ethyl adjacent to an activating group) is 1. The van der Waals surface area contributed by atoms with E-state index in [1.807, 2.05) is 17.0 Å².